The lowest BCUT2D eigenvalue weighted by Crippen LogP contribution is -2.48. The number of rotatable bonds is 4. The first-order valence-corrected chi connectivity index (χ1v) is 9.89. The van der Waals surface area contributed by atoms with Gasteiger partial charge in [-0.15, -0.1) is 0 Å². The van der Waals surface area contributed by atoms with E-state index in [0.717, 1.165) is 5.56 Å². The summed E-state index contributed by atoms with van der Waals surface area (Å²) in [5.74, 6) is 0.241. The van der Waals surface area contributed by atoms with Gasteiger partial charge in [-0.1, -0.05) is 12.1 Å². The first kappa shape index (κ1) is 20.1. The lowest BCUT2D eigenvalue weighted by atomic mass is 10.1. The molecule has 1 aromatic heterocycles. The number of aromatic nitrogens is 2. The molecule has 0 aliphatic carbocycles. The maximum Gasteiger partial charge on any atom is 0.257 e. The van der Waals surface area contributed by atoms with E-state index in [9.17, 15) is 9.18 Å². The molecule has 0 radical (unpaired) electrons. The van der Waals surface area contributed by atoms with Gasteiger partial charge in [0, 0.05) is 24.8 Å². The van der Waals surface area contributed by atoms with Crippen molar-refractivity contribution >= 4 is 5.91 Å². The summed E-state index contributed by atoms with van der Waals surface area (Å²) >= 11 is 0. The average Bonchev–Trinajstić information content (AvgIpc) is 3.18. The third kappa shape index (κ3) is 4.07. The molecule has 0 bridgehead atoms. The summed E-state index contributed by atoms with van der Waals surface area (Å²) in [6.45, 7) is 4.95. The third-order valence-electron chi connectivity index (χ3n) is 5.09. The van der Waals surface area contributed by atoms with Crippen molar-refractivity contribution in [3.8, 4) is 22.7 Å². The summed E-state index contributed by atoms with van der Waals surface area (Å²) in [7, 11) is 1.60. The lowest BCUT2D eigenvalue weighted by Gasteiger charge is -2.35. The molecule has 156 valence electrons. The smallest absolute Gasteiger partial charge is 0.257 e. The average molecular weight is 409 g/mol. The molecular formula is C23H24FN3O3. The van der Waals surface area contributed by atoms with Crippen LogP contribution in [-0.2, 0) is 4.74 Å². The summed E-state index contributed by atoms with van der Waals surface area (Å²) in [6.07, 6.45) is 1.63. The van der Waals surface area contributed by atoms with Crippen molar-refractivity contribution in [2.24, 2.45) is 0 Å². The Morgan fingerprint density at radius 3 is 2.50 bits per heavy atom. The van der Waals surface area contributed by atoms with Gasteiger partial charge in [0.25, 0.3) is 5.91 Å². The highest BCUT2D eigenvalue weighted by atomic mass is 19.1. The van der Waals surface area contributed by atoms with Gasteiger partial charge in [-0.2, -0.15) is 5.10 Å². The number of carbonyl (C=O) groups excluding carboxylic acids is 1. The number of methoxy groups -OCH3 is 1. The van der Waals surface area contributed by atoms with Crippen LogP contribution in [0.2, 0.25) is 0 Å². The molecule has 0 saturated carbocycles. The molecule has 0 spiro atoms. The van der Waals surface area contributed by atoms with E-state index in [-0.39, 0.29) is 23.9 Å². The van der Waals surface area contributed by atoms with Crippen LogP contribution in [0.15, 0.2) is 54.7 Å². The fraction of sp³-hybridized carbons (Fsp3) is 0.304. The molecule has 0 N–H and O–H groups in total. The number of hydrogen-bond acceptors (Lipinski definition) is 4. The van der Waals surface area contributed by atoms with E-state index >= 15 is 0 Å². The van der Waals surface area contributed by atoms with E-state index in [1.807, 2.05) is 38.1 Å². The van der Waals surface area contributed by atoms with Crippen molar-refractivity contribution in [3.63, 3.8) is 0 Å². The van der Waals surface area contributed by atoms with Gasteiger partial charge in [0.05, 0.1) is 30.6 Å². The lowest BCUT2D eigenvalue weighted by molar-refractivity contribution is -0.0586. The van der Waals surface area contributed by atoms with Crippen molar-refractivity contribution in [1.82, 2.24) is 14.7 Å². The minimum absolute atomic E-state index is 0.0369. The van der Waals surface area contributed by atoms with Crippen LogP contribution in [0, 0.1) is 5.82 Å². The van der Waals surface area contributed by atoms with Crippen LogP contribution in [0.3, 0.4) is 0 Å². The van der Waals surface area contributed by atoms with Crippen LogP contribution in [0.5, 0.6) is 5.75 Å². The Balaban J connectivity index is 1.78. The quantitative estimate of drug-likeness (QED) is 0.655. The van der Waals surface area contributed by atoms with Gasteiger partial charge in [-0.3, -0.25) is 4.79 Å². The molecule has 1 fully saturated rings. The molecule has 0 unspecified atom stereocenters. The predicted octanol–water partition coefficient (Wildman–Crippen LogP) is 3.94. The second-order valence-corrected chi connectivity index (χ2v) is 7.51. The van der Waals surface area contributed by atoms with E-state index in [1.54, 1.807) is 35.0 Å². The van der Waals surface area contributed by atoms with Gasteiger partial charge in [0.2, 0.25) is 0 Å². The van der Waals surface area contributed by atoms with Crippen LogP contribution in [-0.4, -0.2) is 53.0 Å². The Bertz CT molecular complexity index is 1040. The first-order valence-electron chi connectivity index (χ1n) is 9.89. The van der Waals surface area contributed by atoms with Gasteiger partial charge in [-0.05, 0) is 50.2 Å². The van der Waals surface area contributed by atoms with Crippen molar-refractivity contribution < 1.29 is 18.7 Å². The van der Waals surface area contributed by atoms with E-state index in [0.29, 0.717) is 35.8 Å². The van der Waals surface area contributed by atoms with Gasteiger partial charge >= 0.3 is 0 Å². The fourth-order valence-electron chi connectivity index (χ4n) is 3.75. The van der Waals surface area contributed by atoms with Crippen LogP contribution >= 0.6 is 0 Å². The summed E-state index contributed by atoms with van der Waals surface area (Å²) in [5.41, 5.74) is 2.47. The molecule has 4 rings (SSSR count). The zero-order valence-corrected chi connectivity index (χ0v) is 17.2. The van der Waals surface area contributed by atoms with Crippen LogP contribution in [0.4, 0.5) is 4.39 Å². The molecule has 30 heavy (non-hydrogen) atoms. The van der Waals surface area contributed by atoms with Crippen molar-refractivity contribution in [2.75, 3.05) is 20.2 Å². The maximum absolute atomic E-state index is 13.5. The van der Waals surface area contributed by atoms with Crippen LogP contribution in [0.25, 0.3) is 16.9 Å². The highest BCUT2D eigenvalue weighted by Crippen LogP contribution is 2.28. The Morgan fingerprint density at radius 2 is 1.83 bits per heavy atom. The van der Waals surface area contributed by atoms with Gasteiger partial charge < -0.3 is 14.4 Å². The Labute approximate surface area is 174 Å². The Kier molecular flexibility index (Phi) is 5.55. The minimum Gasteiger partial charge on any atom is -0.497 e. The number of nitrogens with zero attached hydrogens (tertiary/aromatic N) is 3. The second-order valence-electron chi connectivity index (χ2n) is 7.51. The Hall–Kier alpha value is -3.19. The molecule has 1 amide bonds. The number of ether oxygens (including phenoxy) is 2. The van der Waals surface area contributed by atoms with Gasteiger partial charge in [0.1, 0.15) is 17.3 Å². The zero-order chi connectivity index (χ0) is 21.3. The number of carbonyl (C=O) groups is 1. The van der Waals surface area contributed by atoms with Crippen molar-refractivity contribution in [2.45, 2.75) is 26.1 Å². The molecule has 1 aliphatic rings. The van der Waals surface area contributed by atoms with Crippen molar-refractivity contribution in [3.05, 3.63) is 66.1 Å². The van der Waals surface area contributed by atoms with Crippen LogP contribution in [0.1, 0.15) is 24.2 Å². The summed E-state index contributed by atoms with van der Waals surface area (Å²) in [5, 5.41) is 4.67. The Morgan fingerprint density at radius 1 is 1.13 bits per heavy atom. The van der Waals surface area contributed by atoms with E-state index < -0.39 is 0 Å². The molecule has 2 aromatic carbocycles. The topological polar surface area (TPSA) is 56.6 Å². The predicted molar refractivity (Wildman–Crippen MR) is 111 cm³/mol. The number of amides is 1. The standard InChI is InChI=1S/C23H24FN3O3/c1-15-12-26(13-16(2)30-15)23(28)21-14-27(19-9-7-18(24)8-10-19)25-22(21)17-5-4-6-20(11-17)29-3/h4-11,14-16H,12-13H2,1-3H3/t15-,16-/m1/s1. The van der Waals surface area contributed by atoms with Gasteiger partial charge in [0.15, 0.2) is 0 Å². The first-order chi connectivity index (χ1) is 14.4. The number of hydrogen-bond donors (Lipinski definition) is 0. The SMILES string of the molecule is COc1cccc(-c2nn(-c3ccc(F)cc3)cc2C(=O)N2C[C@@H](C)O[C@H](C)C2)c1. The summed E-state index contributed by atoms with van der Waals surface area (Å²) < 4.78 is 26.1. The van der Waals surface area contributed by atoms with E-state index in [2.05, 4.69) is 5.10 Å². The number of halogens is 1. The molecule has 3 aromatic rings. The molecule has 2 heterocycles. The van der Waals surface area contributed by atoms with Gasteiger partial charge in [-0.25, -0.2) is 9.07 Å². The highest BCUT2D eigenvalue weighted by Gasteiger charge is 2.29. The largest absolute Gasteiger partial charge is 0.497 e. The van der Waals surface area contributed by atoms with E-state index in [1.165, 1.54) is 12.1 Å². The molecular weight excluding hydrogens is 385 g/mol. The number of morpholine rings is 1. The van der Waals surface area contributed by atoms with E-state index in [4.69, 9.17) is 9.47 Å². The van der Waals surface area contributed by atoms with Crippen LogP contribution < -0.4 is 4.74 Å². The molecule has 2 atom stereocenters. The fourth-order valence-corrected chi connectivity index (χ4v) is 3.75. The summed E-state index contributed by atoms with van der Waals surface area (Å²) in [6, 6.07) is 13.4. The molecule has 1 saturated heterocycles. The molecule has 6 nitrogen and oxygen atoms in total. The monoisotopic (exact) mass is 409 g/mol. The summed E-state index contributed by atoms with van der Waals surface area (Å²) in [4.78, 5) is 15.3. The molecule has 1 aliphatic heterocycles. The third-order valence-corrected chi connectivity index (χ3v) is 5.09. The molecule has 7 heteroatoms. The second kappa shape index (κ2) is 8.28. The number of benzene rings is 2. The minimum atomic E-state index is -0.327. The van der Waals surface area contributed by atoms with Crippen molar-refractivity contribution in [1.29, 1.82) is 0 Å². The maximum atomic E-state index is 13.5. The normalized spacial score (nSPS) is 19.0. The highest BCUT2D eigenvalue weighted by molar-refractivity contribution is 6.00. The zero-order valence-electron chi connectivity index (χ0n) is 17.2.